The van der Waals surface area contributed by atoms with Gasteiger partial charge in [-0.2, -0.15) is 4.21 Å². The molecule has 0 heterocycles. The monoisotopic (exact) mass is 249 g/mol. The van der Waals surface area contributed by atoms with Crippen LogP contribution in [0.5, 0.6) is 0 Å². The van der Waals surface area contributed by atoms with Gasteiger partial charge in [0.05, 0.1) is 4.92 Å². The molecule has 2 unspecified atom stereocenters. The molecule has 0 spiro atoms. The molecular weight excluding hydrogens is 241 g/mol. The average molecular weight is 249 g/mol. The van der Waals surface area contributed by atoms with E-state index in [9.17, 15) is 18.7 Å². The predicted octanol–water partition coefficient (Wildman–Crippen LogP) is 1.95. The molecule has 0 saturated heterocycles. The fourth-order valence-corrected chi connectivity index (χ4v) is 1.48. The van der Waals surface area contributed by atoms with Gasteiger partial charge in [-0.25, -0.2) is 4.39 Å². The SMILES string of the molecule is CC(OS(=O)O)c1cc([N+](=O)[O-])ccc1F. The molecule has 16 heavy (non-hydrogen) atoms. The van der Waals surface area contributed by atoms with Gasteiger partial charge in [0, 0.05) is 17.7 Å². The van der Waals surface area contributed by atoms with E-state index in [1.165, 1.54) is 6.92 Å². The molecule has 0 saturated carbocycles. The second kappa shape index (κ2) is 5.10. The molecular formula is C8H8FNO5S. The highest BCUT2D eigenvalue weighted by atomic mass is 32.2. The highest BCUT2D eigenvalue weighted by molar-refractivity contribution is 7.74. The molecule has 0 bridgehead atoms. The number of benzene rings is 1. The van der Waals surface area contributed by atoms with Crippen LogP contribution in [0.4, 0.5) is 10.1 Å². The van der Waals surface area contributed by atoms with Gasteiger partial charge >= 0.3 is 11.4 Å². The van der Waals surface area contributed by atoms with E-state index in [2.05, 4.69) is 4.18 Å². The summed E-state index contributed by atoms with van der Waals surface area (Å²) in [6.45, 7) is 1.32. The Hall–Kier alpha value is -1.38. The lowest BCUT2D eigenvalue weighted by molar-refractivity contribution is -0.385. The molecule has 0 fully saturated rings. The third-order valence-electron chi connectivity index (χ3n) is 1.86. The zero-order valence-electron chi connectivity index (χ0n) is 8.12. The lowest BCUT2D eigenvalue weighted by Gasteiger charge is -2.10. The Morgan fingerprint density at radius 2 is 2.25 bits per heavy atom. The number of hydrogen-bond acceptors (Lipinski definition) is 4. The van der Waals surface area contributed by atoms with E-state index in [0.717, 1.165) is 18.2 Å². The molecule has 1 aromatic carbocycles. The first-order chi connectivity index (χ1) is 7.41. The van der Waals surface area contributed by atoms with Crippen molar-refractivity contribution in [2.75, 3.05) is 0 Å². The lowest BCUT2D eigenvalue weighted by Crippen LogP contribution is -2.05. The summed E-state index contributed by atoms with van der Waals surface area (Å²) >= 11 is -2.56. The molecule has 0 amide bonds. The van der Waals surface area contributed by atoms with Crippen molar-refractivity contribution in [1.29, 1.82) is 0 Å². The van der Waals surface area contributed by atoms with Crippen LogP contribution in [0.25, 0.3) is 0 Å². The van der Waals surface area contributed by atoms with Gasteiger partial charge in [-0.05, 0) is 13.0 Å². The Kier molecular flexibility index (Phi) is 4.05. The van der Waals surface area contributed by atoms with E-state index in [-0.39, 0.29) is 11.3 Å². The van der Waals surface area contributed by atoms with Crippen LogP contribution < -0.4 is 0 Å². The summed E-state index contributed by atoms with van der Waals surface area (Å²) in [5.74, 6) is -0.733. The minimum Gasteiger partial charge on any atom is -0.284 e. The molecule has 0 aromatic heterocycles. The Morgan fingerprint density at radius 1 is 1.62 bits per heavy atom. The number of rotatable bonds is 4. The summed E-state index contributed by atoms with van der Waals surface area (Å²) in [6, 6.07) is 2.88. The molecule has 2 atom stereocenters. The Bertz CT molecular complexity index is 438. The number of nitrogens with zero attached hydrogens (tertiary/aromatic N) is 1. The lowest BCUT2D eigenvalue weighted by atomic mass is 10.1. The molecule has 0 radical (unpaired) electrons. The fourth-order valence-electron chi connectivity index (χ4n) is 1.13. The van der Waals surface area contributed by atoms with Gasteiger partial charge < -0.3 is 0 Å². The molecule has 0 aliphatic carbocycles. The summed E-state index contributed by atoms with van der Waals surface area (Å²) in [7, 11) is 0. The quantitative estimate of drug-likeness (QED) is 0.500. The largest absolute Gasteiger partial charge is 0.302 e. The topological polar surface area (TPSA) is 89.7 Å². The highest BCUT2D eigenvalue weighted by Crippen LogP contribution is 2.25. The third kappa shape index (κ3) is 3.05. The molecule has 1 N–H and O–H groups in total. The first-order valence-electron chi connectivity index (χ1n) is 4.13. The van der Waals surface area contributed by atoms with Gasteiger partial charge in [-0.1, -0.05) is 0 Å². The average Bonchev–Trinajstić information content (AvgIpc) is 2.16. The van der Waals surface area contributed by atoms with Crippen molar-refractivity contribution in [2.24, 2.45) is 0 Å². The number of halogens is 1. The molecule has 88 valence electrons. The minimum atomic E-state index is -2.56. The maximum absolute atomic E-state index is 13.3. The second-order valence-electron chi connectivity index (χ2n) is 2.92. The summed E-state index contributed by atoms with van der Waals surface area (Å²) in [4.78, 5) is 9.75. The first kappa shape index (κ1) is 12.7. The zero-order valence-corrected chi connectivity index (χ0v) is 8.94. The van der Waals surface area contributed by atoms with E-state index in [4.69, 9.17) is 4.55 Å². The maximum Gasteiger partial charge on any atom is 0.302 e. The van der Waals surface area contributed by atoms with E-state index in [1.54, 1.807) is 0 Å². The van der Waals surface area contributed by atoms with Gasteiger partial charge in [0.2, 0.25) is 0 Å². The van der Waals surface area contributed by atoms with Crippen molar-refractivity contribution in [3.8, 4) is 0 Å². The number of non-ortho nitro benzene ring substituents is 1. The predicted molar refractivity (Wildman–Crippen MR) is 53.3 cm³/mol. The zero-order chi connectivity index (χ0) is 12.3. The molecule has 0 aliphatic heterocycles. The van der Waals surface area contributed by atoms with Crippen molar-refractivity contribution in [3.05, 3.63) is 39.7 Å². The van der Waals surface area contributed by atoms with Gasteiger partial charge in [-0.3, -0.25) is 18.9 Å². The van der Waals surface area contributed by atoms with Crippen molar-refractivity contribution in [3.63, 3.8) is 0 Å². The van der Waals surface area contributed by atoms with E-state index in [0.29, 0.717) is 0 Å². The Morgan fingerprint density at radius 3 is 2.75 bits per heavy atom. The van der Waals surface area contributed by atoms with E-state index in [1.807, 2.05) is 0 Å². The molecule has 0 aliphatic rings. The fraction of sp³-hybridized carbons (Fsp3) is 0.250. The smallest absolute Gasteiger partial charge is 0.284 e. The third-order valence-corrected chi connectivity index (χ3v) is 2.31. The van der Waals surface area contributed by atoms with Gasteiger partial charge in [0.25, 0.3) is 5.69 Å². The summed E-state index contributed by atoms with van der Waals surface area (Å²) < 4.78 is 36.5. The van der Waals surface area contributed by atoms with Crippen LogP contribution >= 0.6 is 0 Å². The normalized spacial score (nSPS) is 14.4. The highest BCUT2D eigenvalue weighted by Gasteiger charge is 2.18. The maximum atomic E-state index is 13.3. The van der Waals surface area contributed by atoms with E-state index < -0.39 is 28.2 Å². The van der Waals surface area contributed by atoms with Gasteiger partial charge in [0.15, 0.2) is 0 Å². The van der Waals surface area contributed by atoms with Crippen LogP contribution in [0.15, 0.2) is 18.2 Å². The first-order valence-corrected chi connectivity index (χ1v) is 5.17. The van der Waals surface area contributed by atoms with E-state index >= 15 is 0 Å². The minimum absolute atomic E-state index is 0.142. The van der Waals surface area contributed by atoms with Crippen LogP contribution in [0, 0.1) is 15.9 Å². The van der Waals surface area contributed by atoms with Crippen molar-refractivity contribution in [1.82, 2.24) is 0 Å². The van der Waals surface area contributed by atoms with Crippen molar-refractivity contribution in [2.45, 2.75) is 13.0 Å². The summed E-state index contributed by atoms with van der Waals surface area (Å²) in [5, 5.41) is 10.4. The molecule has 8 heteroatoms. The number of hydrogen-bond donors (Lipinski definition) is 1. The summed E-state index contributed by atoms with van der Waals surface area (Å²) in [6.07, 6.45) is -1.05. The molecule has 1 aromatic rings. The Balaban J connectivity index is 3.06. The van der Waals surface area contributed by atoms with Crippen LogP contribution in [0.1, 0.15) is 18.6 Å². The van der Waals surface area contributed by atoms with Crippen LogP contribution in [-0.4, -0.2) is 13.7 Å². The standard InChI is InChI=1S/C8H8FNO5S/c1-5(15-16(13)14)7-4-6(10(11)12)2-3-8(7)9/h2-5H,1H3,(H,13,14). The van der Waals surface area contributed by atoms with Crippen LogP contribution in [-0.2, 0) is 15.5 Å². The second-order valence-corrected chi connectivity index (χ2v) is 3.55. The van der Waals surface area contributed by atoms with Crippen molar-refractivity contribution < 1.29 is 22.3 Å². The number of nitro groups is 1. The van der Waals surface area contributed by atoms with Crippen LogP contribution in [0.3, 0.4) is 0 Å². The Labute approximate surface area is 92.7 Å². The van der Waals surface area contributed by atoms with Gasteiger partial charge in [-0.15, -0.1) is 0 Å². The van der Waals surface area contributed by atoms with Crippen molar-refractivity contribution >= 4 is 17.0 Å². The molecule has 1 rings (SSSR count). The number of nitro benzene ring substituents is 1. The summed E-state index contributed by atoms with van der Waals surface area (Å²) in [5.41, 5.74) is -0.452. The molecule has 6 nitrogen and oxygen atoms in total. The van der Waals surface area contributed by atoms with Crippen LogP contribution in [0.2, 0.25) is 0 Å². The van der Waals surface area contributed by atoms with Gasteiger partial charge in [0.1, 0.15) is 11.9 Å².